The summed E-state index contributed by atoms with van der Waals surface area (Å²) in [5.74, 6) is 3.95. The van der Waals surface area contributed by atoms with Crippen LogP contribution in [0.3, 0.4) is 0 Å². The minimum absolute atomic E-state index is 0.468. The first-order valence-corrected chi connectivity index (χ1v) is 3.36. The minimum atomic E-state index is -0.934. The van der Waals surface area contributed by atoms with Crippen molar-refractivity contribution in [3.63, 3.8) is 0 Å². The molecule has 0 amide bonds. The predicted octanol–water partition coefficient (Wildman–Crippen LogP) is -1.85. The second-order valence-corrected chi connectivity index (χ2v) is 2.11. The summed E-state index contributed by atoms with van der Waals surface area (Å²) in [5.41, 5.74) is 9.68. The molecule has 1 unspecified atom stereocenters. The largest absolute Gasteiger partial charge is 0.480 e. The van der Waals surface area contributed by atoms with E-state index in [1.165, 1.54) is 0 Å². The van der Waals surface area contributed by atoms with E-state index in [2.05, 4.69) is 11.0 Å². The molecule has 0 saturated heterocycles. The van der Waals surface area contributed by atoms with Crippen molar-refractivity contribution < 1.29 is 9.90 Å². The minimum Gasteiger partial charge on any atom is -0.480 e. The van der Waals surface area contributed by atoms with Gasteiger partial charge in [0.05, 0.1) is 0 Å². The zero-order valence-electron chi connectivity index (χ0n) is 6.21. The molecule has 0 rings (SSSR count). The van der Waals surface area contributed by atoms with Crippen molar-refractivity contribution in [3.05, 3.63) is 0 Å². The van der Waals surface area contributed by atoms with Crippen LogP contribution in [0.1, 0.15) is 12.8 Å². The van der Waals surface area contributed by atoms with E-state index < -0.39 is 12.0 Å². The van der Waals surface area contributed by atoms with Crippen LogP contribution in [0.2, 0.25) is 0 Å². The van der Waals surface area contributed by atoms with Gasteiger partial charge < -0.3 is 10.8 Å². The van der Waals surface area contributed by atoms with Crippen LogP contribution in [0.25, 0.3) is 0 Å². The van der Waals surface area contributed by atoms with Gasteiger partial charge in [-0.2, -0.15) is 5.53 Å². The summed E-state index contributed by atoms with van der Waals surface area (Å²) in [4.78, 5) is 10.4. The maximum atomic E-state index is 10.4. The van der Waals surface area contributed by atoms with Crippen LogP contribution in [0.4, 0.5) is 0 Å². The number of rotatable bonds is 6. The standard InChI is InChI=1S/C5H14N4O2/c6-3-1-2-4(5(10)11)8-9-7/h4,8-9H,1-3,6-7H2,(H,10,11). The van der Waals surface area contributed by atoms with Crippen LogP contribution in [-0.2, 0) is 4.79 Å². The van der Waals surface area contributed by atoms with Gasteiger partial charge in [-0.3, -0.25) is 10.6 Å². The fourth-order valence-electron chi connectivity index (χ4n) is 0.680. The Bertz CT molecular complexity index is 119. The smallest absolute Gasteiger partial charge is 0.322 e. The van der Waals surface area contributed by atoms with Crippen molar-refractivity contribution in [1.82, 2.24) is 11.0 Å². The van der Waals surface area contributed by atoms with Gasteiger partial charge in [0.1, 0.15) is 6.04 Å². The van der Waals surface area contributed by atoms with Crippen molar-refractivity contribution >= 4 is 5.97 Å². The molecule has 0 radical (unpaired) electrons. The van der Waals surface area contributed by atoms with Crippen molar-refractivity contribution in [2.75, 3.05) is 6.54 Å². The van der Waals surface area contributed by atoms with E-state index in [0.717, 1.165) is 0 Å². The van der Waals surface area contributed by atoms with E-state index in [4.69, 9.17) is 16.7 Å². The Morgan fingerprint density at radius 3 is 2.64 bits per heavy atom. The first kappa shape index (κ1) is 10.3. The fourth-order valence-corrected chi connectivity index (χ4v) is 0.680. The van der Waals surface area contributed by atoms with E-state index in [-0.39, 0.29) is 0 Å². The second kappa shape index (κ2) is 6.05. The lowest BCUT2D eigenvalue weighted by atomic mass is 10.2. The Morgan fingerprint density at radius 1 is 1.64 bits per heavy atom. The molecule has 0 aromatic rings. The number of hydrogen-bond acceptors (Lipinski definition) is 5. The van der Waals surface area contributed by atoms with Gasteiger partial charge in [-0.05, 0) is 19.4 Å². The van der Waals surface area contributed by atoms with E-state index in [1.54, 1.807) is 0 Å². The fraction of sp³-hybridized carbons (Fsp3) is 0.800. The highest BCUT2D eigenvalue weighted by Crippen LogP contribution is 1.94. The summed E-state index contributed by atoms with van der Waals surface area (Å²) in [6.45, 7) is 0.482. The lowest BCUT2D eigenvalue weighted by Crippen LogP contribution is -2.48. The van der Waals surface area contributed by atoms with E-state index in [0.29, 0.717) is 19.4 Å². The Morgan fingerprint density at radius 2 is 2.27 bits per heavy atom. The summed E-state index contributed by atoms with van der Waals surface area (Å²) in [7, 11) is 0. The van der Waals surface area contributed by atoms with Crippen LogP contribution in [0, 0.1) is 0 Å². The highest BCUT2D eigenvalue weighted by Gasteiger charge is 2.14. The van der Waals surface area contributed by atoms with Gasteiger partial charge in [0.15, 0.2) is 0 Å². The molecule has 0 bridgehead atoms. The molecule has 7 N–H and O–H groups in total. The quantitative estimate of drug-likeness (QED) is 0.231. The summed E-state index contributed by atoms with van der Waals surface area (Å²) in [5, 5.41) is 8.53. The van der Waals surface area contributed by atoms with Crippen LogP contribution in [-0.4, -0.2) is 23.7 Å². The van der Waals surface area contributed by atoms with Gasteiger partial charge >= 0.3 is 5.97 Å². The van der Waals surface area contributed by atoms with Crippen molar-refractivity contribution in [3.8, 4) is 0 Å². The molecule has 0 spiro atoms. The van der Waals surface area contributed by atoms with E-state index in [1.807, 2.05) is 0 Å². The molecule has 66 valence electrons. The summed E-state index contributed by atoms with van der Waals surface area (Å²) in [6.07, 6.45) is 1.13. The molecule has 1 atom stereocenters. The zero-order chi connectivity index (χ0) is 8.69. The first-order valence-electron chi connectivity index (χ1n) is 3.36. The van der Waals surface area contributed by atoms with Crippen molar-refractivity contribution in [1.29, 1.82) is 0 Å². The number of carbonyl (C=O) groups is 1. The number of carboxylic acids is 1. The Hall–Kier alpha value is -0.690. The monoisotopic (exact) mass is 162 g/mol. The maximum Gasteiger partial charge on any atom is 0.322 e. The molecule has 11 heavy (non-hydrogen) atoms. The molecular formula is C5H14N4O2. The average Bonchev–Trinajstić information content (AvgIpc) is 1.97. The average molecular weight is 162 g/mol. The lowest BCUT2D eigenvalue weighted by molar-refractivity contribution is -0.140. The van der Waals surface area contributed by atoms with E-state index >= 15 is 0 Å². The molecule has 0 aromatic heterocycles. The molecular weight excluding hydrogens is 148 g/mol. The van der Waals surface area contributed by atoms with Gasteiger partial charge in [0.2, 0.25) is 0 Å². The number of nitrogens with one attached hydrogen (secondary N) is 2. The third-order valence-electron chi connectivity index (χ3n) is 1.25. The Kier molecular flexibility index (Phi) is 5.67. The summed E-state index contributed by atoms with van der Waals surface area (Å²) >= 11 is 0. The molecule has 0 aliphatic carbocycles. The second-order valence-electron chi connectivity index (χ2n) is 2.11. The maximum absolute atomic E-state index is 10.4. The highest BCUT2D eigenvalue weighted by molar-refractivity contribution is 5.73. The number of aliphatic carboxylic acids is 1. The number of hydrazine groups is 2. The number of hydrogen-bond donors (Lipinski definition) is 5. The Balaban J connectivity index is 3.60. The molecule has 0 aromatic carbocycles. The van der Waals surface area contributed by atoms with Gasteiger partial charge in [0.25, 0.3) is 0 Å². The highest BCUT2D eigenvalue weighted by atomic mass is 16.4. The molecule has 6 heteroatoms. The van der Waals surface area contributed by atoms with Gasteiger partial charge in [-0.15, -0.1) is 0 Å². The summed E-state index contributed by atoms with van der Waals surface area (Å²) in [6, 6.07) is -0.663. The van der Waals surface area contributed by atoms with Crippen LogP contribution in [0.5, 0.6) is 0 Å². The SMILES string of the molecule is NCCCC(NNN)C(=O)O. The molecule has 0 fully saturated rings. The van der Waals surface area contributed by atoms with Crippen LogP contribution in [0.15, 0.2) is 0 Å². The topological polar surface area (TPSA) is 113 Å². The zero-order valence-corrected chi connectivity index (χ0v) is 6.21. The Labute approximate surface area is 64.9 Å². The number of carboxylic acid groups (broad SMARTS) is 1. The van der Waals surface area contributed by atoms with Gasteiger partial charge in [-0.25, -0.2) is 5.43 Å². The van der Waals surface area contributed by atoms with Crippen LogP contribution < -0.4 is 22.5 Å². The lowest BCUT2D eigenvalue weighted by Gasteiger charge is -2.11. The normalized spacial score (nSPS) is 12.9. The van der Waals surface area contributed by atoms with Gasteiger partial charge in [0, 0.05) is 0 Å². The van der Waals surface area contributed by atoms with E-state index in [9.17, 15) is 4.79 Å². The number of nitrogens with two attached hydrogens (primary N) is 2. The van der Waals surface area contributed by atoms with Crippen molar-refractivity contribution in [2.45, 2.75) is 18.9 Å². The first-order chi connectivity index (χ1) is 5.22. The molecule has 6 nitrogen and oxygen atoms in total. The molecule has 0 saturated carbocycles. The van der Waals surface area contributed by atoms with Crippen molar-refractivity contribution in [2.24, 2.45) is 11.6 Å². The summed E-state index contributed by atoms with van der Waals surface area (Å²) < 4.78 is 0. The molecule has 0 aliphatic rings. The van der Waals surface area contributed by atoms with Gasteiger partial charge in [-0.1, -0.05) is 0 Å². The third-order valence-corrected chi connectivity index (χ3v) is 1.25. The molecule has 0 aliphatic heterocycles. The van der Waals surface area contributed by atoms with Crippen LogP contribution >= 0.6 is 0 Å². The molecule has 0 heterocycles. The predicted molar refractivity (Wildman–Crippen MR) is 40.2 cm³/mol. The third kappa shape index (κ3) is 4.68.